The molecule has 2 aromatic heterocycles. The second-order valence-corrected chi connectivity index (χ2v) is 7.80. The van der Waals surface area contributed by atoms with Gasteiger partial charge in [0.1, 0.15) is 11.3 Å². The average molecular weight is 371 g/mol. The molecular formula is C16H21BrClN3. The van der Waals surface area contributed by atoms with Gasteiger partial charge in [-0.1, -0.05) is 19.8 Å². The monoisotopic (exact) mass is 369 g/mol. The summed E-state index contributed by atoms with van der Waals surface area (Å²) in [4.78, 5) is 9.31. The Hall–Kier alpha value is -0.610. The van der Waals surface area contributed by atoms with Crippen molar-refractivity contribution in [2.45, 2.75) is 57.9 Å². The van der Waals surface area contributed by atoms with E-state index in [1.54, 1.807) is 0 Å². The Kier molecular flexibility index (Phi) is 4.28. The van der Waals surface area contributed by atoms with Crippen molar-refractivity contribution in [3.63, 3.8) is 0 Å². The van der Waals surface area contributed by atoms with E-state index < -0.39 is 0 Å². The molecule has 114 valence electrons. The molecule has 21 heavy (non-hydrogen) atoms. The molecule has 3 nitrogen and oxygen atoms in total. The Morgan fingerprint density at radius 2 is 2.14 bits per heavy atom. The topological polar surface area (TPSA) is 30.7 Å². The van der Waals surface area contributed by atoms with Gasteiger partial charge in [-0.15, -0.1) is 11.6 Å². The average Bonchev–Trinajstić information content (AvgIpc) is 3.05. The molecule has 1 fully saturated rings. The minimum absolute atomic E-state index is 0.103. The van der Waals surface area contributed by atoms with Gasteiger partial charge in [-0.05, 0) is 53.6 Å². The molecule has 1 aliphatic carbocycles. The number of pyridine rings is 1. The van der Waals surface area contributed by atoms with Crippen LogP contribution in [-0.4, -0.2) is 14.5 Å². The minimum atomic E-state index is -0.103. The van der Waals surface area contributed by atoms with E-state index >= 15 is 0 Å². The van der Waals surface area contributed by atoms with E-state index in [1.807, 2.05) is 19.2 Å². The number of nitrogens with zero attached hydrogens (tertiary/aromatic N) is 3. The summed E-state index contributed by atoms with van der Waals surface area (Å²) in [6.45, 7) is 5.28. The van der Waals surface area contributed by atoms with Crippen molar-refractivity contribution in [3.05, 3.63) is 22.6 Å². The number of rotatable bonds is 4. The van der Waals surface area contributed by atoms with Crippen molar-refractivity contribution in [3.8, 4) is 0 Å². The van der Waals surface area contributed by atoms with Gasteiger partial charge < -0.3 is 4.57 Å². The first-order valence-corrected chi connectivity index (χ1v) is 8.93. The summed E-state index contributed by atoms with van der Waals surface area (Å²) in [6, 6.07) is 2.02. The van der Waals surface area contributed by atoms with Gasteiger partial charge in [0.05, 0.1) is 5.38 Å². The van der Waals surface area contributed by atoms with Crippen LogP contribution in [0.4, 0.5) is 0 Å². The van der Waals surface area contributed by atoms with Gasteiger partial charge in [0.2, 0.25) is 0 Å². The summed E-state index contributed by atoms with van der Waals surface area (Å²) in [6.07, 6.45) is 8.33. The summed E-state index contributed by atoms with van der Waals surface area (Å²) >= 11 is 9.84. The lowest BCUT2D eigenvalue weighted by molar-refractivity contribution is 0.237. The highest BCUT2D eigenvalue weighted by Crippen LogP contribution is 2.43. The first-order chi connectivity index (χ1) is 10.0. The molecule has 3 rings (SSSR count). The van der Waals surface area contributed by atoms with Gasteiger partial charge in [0.25, 0.3) is 0 Å². The fourth-order valence-corrected chi connectivity index (χ4v) is 4.03. The first-order valence-electron chi connectivity index (χ1n) is 7.70. The van der Waals surface area contributed by atoms with Crippen molar-refractivity contribution in [1.82, 2.24) is 14.5 Å². The predicted octanol–water partition coefficient (Wildman–Crippen LogP) is 5.46. The third-order valence-corrected chi connectivity index (χ3v) is 5.47. The van der Waals surface area contributed by atoms with E-state index in [9.17, 15) is 0 Å². The second-order valence-electron chi connectivity index (χ2n) is 6.23. The van der Waals surface area contributed by atoms with E-state index in [1.165, 1.54) is 32.1 Å². The molecule has 0 aromatic carbocycles. The zero-order valence-electron chi connectivity index (χ0n) is 12.6. The minimum Gasteiger partial charge on any atom is -0.311 e. The van der Waals surface area contributed by atoms with E-state index in [2.05, 4.69) is 32.4 Å². The van der Waals surface area contributed by atoms with Gasteiger partial charge in [-0.25, -0.2) is 9.97 Å². The highest BCUT2D eigenvalue weighted by molar-refractivity contribution is 9.10. The van der Waals surface area contributed by atoms with Crippen molar-refractivity contribution in [2.75, 3.05) is 0 Å². The van der Waals surface area contributed by atoms with Gasteiger partial charge in [0, 0.05) is 17.2 Å². The molecule has 0 N–H and O–H groups in total. The molecule has 0 bridgehead atoms. The Morgan fingerprint density at radius 3 is 2.76 bits per heavy atom. The summed E-state index contributed by atoms with van der Waals surface area (Å²) < 4.78 is 3.22. The van der Waals surface area contributed by atoms with Gasteiger partial charge in [-0.3, -0.25) is 0 Å². The fraction of sp³-hybridized carbons (Fsp3) is 0.625. The Labute approximate surface area is 139 Å². The maximum atomic E-state index is 6.37. The van der Waals surface area contributed by atoms with Crippen molar-refractivity contribution < 1.29 is 0 Å². The first kappa shape index (κ1) is 15.3. The lowest BCUT2D eigenvalue weighted by Crippen LogP contribution is -2.24. The van der Waals surface area contributed by atoms with Gasteiger partial charge >= 0.3 is 0 Å². The van der Waals surface area contributed by atoms with Crippen LogP contribution in [0.15, 0.2) is 16.7 Å². The summed E-state index contributed by atoms with van der Waals surface area (Å²) in [5, 5.41) is -0.103. The Balaban J connectivity index is 2.09. The number of hydrogen-bond acceptors (Lipinski definition) is 2. The van der Waals surface area contributed by atoms with Crippen LogP contribution in [0.1, 0.15) is 57.2 Å². The number of imidazole rings is 1. The van der Waals surface area contributed by atoms with Crippen LogP contribution in [0.2, 0.25) is 0 Å². The SMILES string of the molecule is CCC1(Cn2c(C(C)Cl)nc3cc(Br)cnc32)CCCC1. The molecule has 1 saturated carbocycles. The lowest BCUT2D eigenvalue weighted by atomic mass is 9.83. The molecule has 0 aliphatic heterocycles. The van der Waals surface area contributed by atoms with Crippen LogP contribution in [0, 0.1) is 5.41 Å². The second kappa shape index (κ2) is 5.88. The standard InChI is InChI=1S/C16H21BrClN3/c1-3-16(6-4-5-7-16)10-21-14(11(2)18)20-13-8-12(17)9-19-15(13)21/h8-9,11H,3-7,10H2,1-2H3. The molecule has 0 saturated heterocycles. The summed E-state index contributed by atoms with van der Waals surface area (Å²) in [7, 11) is 0. The molecular weight excluding hydrogens is 350 g/mol. The van der Waals surface area contributed by atoms with E-state index in [0.29, 0.717) is 5.41 Å². The molecule has 2 aromatic rings. The van der Waals surface area contributed by atoms with E-state index in [-0.39, 0.29) is 5.38 Å². The molecule has 2 heterocycles. The number of halogens is 2. The summed E-state index contributed by atoms with van der Waals surface area (Å²) in [5.41, 5.74) is 2.28. The molecule has 1 unspecified atom stereocenters. The lowest BCUT2D eigenvalue weighted by Gasteiger charge is -2.29. The highest BCUT2D eigenvalue weighted by atomic mass is 79.9. The van der Waals surface area contributed by atoms with Crippen LogP contribution < -0.4 is 0 Å². The van der Waals surface area contributed by atoms with Crippen LogP contribution >= 0.6 is 27.5 Å². The number of fused-ring (bicyclic) bond motifs is 1. The smallest absolute Gasteiger partial charge is 0.160 e. The molecule has 1 atom stereocenters. The zero-order chi connectivity index (χ0) is 15.0. The molecule has 5 heteroatoms. The molecule has 0 radical (unpaired) electrons. The number of hydrogen-bond donors (Lipinski definition) is 0. The largest absolute Gasteiger partial charge is 0.311 e. The van der Waals surface area contributed by atoms with Crippen molar-refractivity contribution in [1.29, 1.82) is 0 Å². The van der Waals surface area contributed by atoms with Crippen molar-refractivity contribution in [2.24, 2.45) is 5.41 Å². The maximum Gasteiger partial charge on any atom is 0.160 e. The van der Waals surface area contributed by atoms with Crippen LogP contribution in [-0.2, 0) is 6.54 Å². The van der Waals surface area contributed by atoms with Crippen LogP contribution in [0.25, 0.3) is 11.2 Å². The number of alkyl halides is 1. The van der Waals surface area contributed by atoms with Gasteiger partial charge in [0.15, 0.2) is 5.65 Å². The van der Waals surface area contributed by atoms with Crippen LogP contribution in [0.5, 0.6) is 0 Å². The Bertz CT molecular complexity index is 644. The zero-order valence-corrected chi connectivity index (χ0v) is 14.9. The van der Waals surface area contributed by atoms with E-state index in [4.69, 9.17) is 16.6 Å². The number of aromatic nitrogens is 3. The van der Waals surface area contributed by atoms with Gasteiger partial charge in [-0.2, -0.15) is 0 Å². The predicted molar refractivity (Wildman–Crippen MR) is 90.7 cm³/mol. The molecule has 0 spiro atoms. The van der Waals surface area contributed by atoms with Crippen molar-refractivity contribution >= 4 is 38.7 Å². The van der Waals surface area contributed by atoms with Crippen LogP contribution in [0.3, 0.4) is 0 Å². The summed E-state index contributed by atoms with van der Waals surface area (Å²) in [5.74, 6) is 0.942. The normalized spacial score (nSPS) is 19.2. The quantitative estimate of drug-likeness (QED) is 0.669. The fourth-order valence-electron chi connectivity index (χ4n) is 3.55. The molecule has 1 aliphatic rings. The maximum absolute atomic E-state index is 6.37. The molecule has 0 amide bonds. The third-order valence-electron chi connectivity index (χ3n) is 4.84. The Morgan fingerprint density at radius 1 is 1.43 bits per heavy atom. The van der Waals surface area contributed by atoms with E-state index in [0.717, 1.165) is 28.0 Å². The third kappa shape index (κ3) is 2.85. The highest BCUT2D eigenvalue weighted by Gasteiger charge is 2.34.